The third kappa shape index (κ3) is 4.55. The van der Waals surface area contributed by atoms with E-state index in [1.807, 2.05) is 30.3 Å². The Kier molecular flexibility index (Phi) is 5.93. The van der Waals surface area contributed by atoms with E-state index in [-0.39, 0.29) is 18.4 Å². The molecule has 1 aromatic heterocycles. The molecule has 0 radical (unpaired) electrons. The number of aromatic nitrogens is 1. The maximum Gasteiger partial charge on any atom is 0.235 e. The topological polar surface area (TPSA) is 71.1 Å². The molecule has 6 heteroatoms. The van der Waals surface area contributed by atoms with Crippen LogP contribution in [0.15, 0.2) is 48.8 Å². The molecule has 24 heavy (non-hydrogen) atoms. The predicted molar refractivity (Wildman–Crippen MR) is 93.2 cm³/mol. The maximum absolute atomic E-state index is 12.4. The molecule has 0 aliphatic heterocycles. The molecule has 0 unspecified atom stereocenters. The number of carbonyl (C=O) groups is 2. The molecule has 2 N–H and O–H groups in total. The molecule has 0 aliphatic carbocycles. The fourth-order valence-corrected chi connectivity index (χ4v) is 2.25. The van der Waals surface area contributed by atoms with Gasteiger partial charge < -0.3 is 10.6 Å². The minimum atomic E-state index is -1.19. The predicted octanol–water partition coefficient (Wildman–Crippen LogP) is 2.69. The molecule has 2 rings (SSSR count). The molecule has 0 saturated heterocycles. The Bertz CT molecular complexity index is 717. The van der Waals surface area contributed by atoms with E-state index >= 15 is 0 Å². The SMILES string of the molecule is CC(C)(C(=O)NCc1ccncc1)C(=O)NCc1ccccc1Cl. The van der Waals surface area contributed by atoms with Crippen molar-refractivity contribution in [3.63, 3.8) is 0 Å². The van der Waals surface area contributed by atoms with Crippen LogP contribution in [0.4, 0.5) is 0 Å². The highest BCUT2D eigenvalue weighted by atomic mass is 35.5. The number of amides is 2. The molecule has 0 aliphatic rings. The van der Waals surface area contributed by atoms with Gasteiger partial charge in [0.15, 0.2) is 0 Å². The fourth-order valence-electron chi connectivity index (χ4n) is 2.05. The van der Waals surface area contributed by atoms with Crippen LogP contribution in [-0.2, 0) is 22.7 Å². The van der Waals surface area contributed by atoms with Gasteiger partial charge in [-0.25, -0.2) is 0 Å². The summed E-state index contributed by atoms with van der Waals surface area (Å²) in [6.07, 6.45) is 3.31. The highest BCUT2D eigenvalue weighted by Gasteiger charge is 2.35. The number of nitrogens with one attached hydrogen (secondary N) is 2. The van der Waals surface area contributed by atoms with Crippen molar-refractivity contribution in [3.05, 3.63) is 64.9 Å². The summed E-state index contributed by atoms with van der Waals surface area (Å²) >= 11 is 6.07. The first kappa shape index (κ1) is 17.9. The molecule has 1 aromatic carbocycles. The number of carbonyl (C=O) groups excluding carboxylic acids is 2. The number of benzene rings is 1. The number of halogens is 1. The third-order valence-electron chi connectivity index (χ3n) is 3.73. The van der Waals surface area contributed by atoms with E-state index in [0.29, 0.717) is 11.6 Å². The highest BCUT2D eigenvalue weighted by molar-refractivity contribution is 6.31. The van der Waals surface area contributed by atoms with Gasteiger partial charge in [-0.15, -0.1) is 0 Å². The van der Waals surface area contributed by atoms with Crippen LogP contribution in [-0.4, -0.2) is 16.8 Å². The Hall–Kier alpha value is -2.40. The molecule has 0 bridgehead atoms. The van der Waals surface area contributed by atoms with Crippen LogP contribution in [0.2, 0.25) is 5.02 Å². The summed E-state index contributed by atoms with van der Waals surface area (Å²) in [6, 6.07) is 10.9. The first-order chi connectivity index (χ1) is 11.4. The van der Waals surface area contributed by atoms with Gasteiger partial charge in [-0.3, -0.25) is 14.6 Å². The highest BCUT2D eigenvalue weighted by Crippen LogP contribution is 2.18. The number of pyridine rings is 1. The van der Waals surface area contributed by atoms with E-state index in [1.165, 1.54) is 0 Å². The normalized spacial score (nSPS) is 11.0. The molecular weight excluding hydrogens is 326 g/mol. The number of nitrogens with zero attached hydrogens (tertiary/aromatic N) is 1. The molecule has 0 fully saturated rings. The van der Waals surface area contributed by atoms with Gasteiger partial charge in [0.05, 0.1) is 0 Å². The monoisotopic (exact) mass is 345 g/mol. The first-order valence-corrected chi connectivity index (χ1v) is 7.98. The summed E-state index contributed by atoms with van der Waals surface area (Å²) in [6.45, 7) is 3.82. The van der Waals surface area contributed by atoms with Crippen molar-refractivity contribution in [2.75, 3.05) is 0 Å². The van der Waals surface area contributed by atoms with E-state index in [0.717, 1.165) is 11.1 Å². The summed E-state index contributed by atoms with van der Waals surface area (Å²) in [5.41, 5.74) is 0.542. The van der Waals surface area contributed by atoms with Gasteiger partial charge in [0.1, 0.15) is 5.41 Å². The lowest BCUT2D eigenvalue weighted by Crippen LogP contribution is -2.47. The summed E-state index contributed by atoms with van der Waals surface area (Å²) in [4.78, 5) is 28.6. The second kappa shape index (κ2) is 7.93. The zero-order valence-electron chi connectivity index (χ0n) is 13.7. The fraction of sp³-hybridized carbons (Fsp3) is 0.278. The lowest BCUT2D eigenvalue weighted by molar-refractivity contribution is -0.141. The Morgan fingerprint density at radius 3 is 2.21 bits per heavy atom. The van der Waals surface area contributed by atoms with E-state index in [4.69, 9.17) is 11.6 Å². The molecular formula is C18H20ClN3O2. The summed E-state index contributed by atoms with van der Waals surface area (Å²) in [7, 11) is 0. The Labute approximate surface area is 146 Å². The van der Waals surface area contributed by atoms with Crippen molar-refractivity contribution in [3.8, 4) is 0 Å². The molecule has 0 spiro atoms. The molecule has 5 nitrogen and oxygen atoms in total. The Balaban J connectivity index is 1.91. The molecule has 0 atom stereocenters. The van der Waals surface area contributed by atoms with Crippen molar-refractivity contribution in [1.29, 1.82) is 0 Å². The average Bonchev–Trinajstić information content (AvgIpc) is 2.59. The minimum absolute atomic E-state index is 0.277. The van der Waals surface area contributed by atoms with Crippen molar-refractivity contribution in [2.45, 2.75) is 26.9 Å². The Morgan fingerprint density at radius 2 is 1.58 bits per heavy atom. The van der Waals surface area contributed by atoms with Gasteiger partial charge in [-0.1, -0.05) is 29.8 Å². The minimum Gasteiger partial charge on any atom is -0.351 e. The van der Waals surface area contributed by atoms with Gasteiger partial charge in [-0.2, -0.15) is 0 Å². The van der Waals surface area contributed by atoms with E-state index in [2.05, 4.69) is 15.6 Å². The quantitative estimate of drug-likeness (QED) is 0.791. The van der Waals surface area contributed by atoms with Gasteiger partial charge in [0, 0.05) is 30.5 Å². The van der Waals surface area contributed by atoms with Gasteiger partial charge in [0.25, 0.3) is 0 Å². The van der Waals surface area contributed by atoms with Crippen LogP contribution in [0.1, 0.15) is 25.0 Å². The first-order valence-electron chi connectivity index (χ1n) is 7.60. The lowest BCUT2D eigenvalue weighted by Gasteiger charge is -2.23. The second-order valence-electron chi connectivity index (χ2n) is 5.94. The van der Waals surface area contributed by atoms with Gasteiger partial charge >= 0.3 is 0 Å². The van der Waals surface area contributed by atoms with Crippen molar-refractivity contribution >= 4 is 23.4 Å². The van der Waals surface area contributed by atoms with Crippen molar-refractivity contribution < 1.29 is 9.59 Å². The van der Waals surface area contributed by atoms with Crippen LogP contribution in [0.5, 0.6) is 0 Å². The van der Waals surface area contributed by atoms with Crippen LogP contribution in [0.3, 0.4) is 0 Å². The smallest absolute Gasteiger partial charge is 0.235 e. The van der Waals surface area contributed by atoms with E-state index in [9.17, 15) is 9.59 Å². The third-order valence-corrected chi connectivity index (χ3v) is 4.10. The summed E-state index contributed by atoms with van der Waals surface area (Å²) in [5, 5.41) is 6.12. The number of hydrogen-bond donors (Lipinski definition) is 2. The van der Waals surface area contributed by atoms with Crippen LogP contribution < -0.4 is 10.6 Å². The van der Waals surface area contributed by atoms with E-state index in [1.54, 1.807) is 32.3 Å². The molecule has 126 valence electrons. The maximum atomic E-state index is 12.4. The van der Waals surface area contributed by atoms with Crippen LogP contribution in [0, 0.1) is 5.41 Å². The Morgan fingerprint density at radius 1 is 1.00 bits per heavy atom. The van der Waals surface area contributed by atoms with Crippen LogP contribution >= 0.6 is 11.6 Å². The second-order valence-corrected chi connectivity index (χ2v) is 6.34. The zero-order chi connectivity index (χ0) is 17.6. The average molecular weight is 346 g/mol. The standard InChI is InChI=1S/C18H20ClN3O2/c1-18(2,16(23)21-11-13-7-9-20-10-8-13)17(24)22-12-14-5-3-4-6-15(14)19/h3-10H,11-12H2,1-2H3,(H,21,23)(H,22,24). The molecule has 2 aromatic rings. The van der Waals surface area contributed by atoms with Crippen molar-refractivity contribution in [1.82, 2.24) is 15.6 Å². The van der Waals surface area contributed by atoms with E-state index < -0.39 is 5.41 Å². The molecule has 1 heterocycles. The lowest BCUT2D eigenvalue weighted by atomic mass is 9.91. The van der Waals surface area contributed by atoms with Crippen molar-refractivity contribution in [2.24, 2.45) is 5.41 Å². The molecule has 0 saturated carbocycles. The van der Waals surface area contributed by atoms with Crippen LogP contribution in [0.25, 0.3) is 0 Å². The zero-order valence-corrected chi connectivity index (χ0v) is 14.4. The number of hydrogen-bond acceptors (Lipinski definition) is 3. The van der Waals surface area contributed by atoms with Gasteiger partial charge in [0.2, 0.25) is 11.8 Å². The number of rotatable bonds is 6. The van der Waals surface area contributed by atoms with Gasteiger partial charge in [-0.05, 0) is 43.2 Å². The summed E-state index contributed by atoms with van der Waals surface area (Å²) < 4.78 is 0. The largest absolute Gasteiger partial charge is 0.351 e. The molecule has 2 amide bonds. The summed E-state index contributed by atoms with van der Waals surface area (Å²) in [5.74, 6) is -0.689.